The highest BCUT2D eigenvalue weighted by Crippen LogP contribution is 2.30. The van der Waals surface area contributed by atoms with Gasteiger partial charge in [0.05, 0.1) is 32.0 Å². The van der Waals surface area contributed by atoms with Crippen LogP contribution in [-0.2, 0) is 23.7 Å². The van der Waals surface area contributed by atoms with Crippen molar-refractivity contribution < 1.29 is 64.6 Å². The molecular weight excluding hydrogens is 919 g/mol. The highest BCUT2D eigenvalue weighted by molar-refractivity contribution is 5.76. The summed E-state index contributed by atoms with van der Waals surface area (Å²) in [6.07, 6.45) is 37.4. The first kappa shape index (κ1) is 66.1. The molecule has 14 heteroatoms. The number of carbonyl (C=O) groups is 1. The van der Waals surface area contributed by atoms with Crippen LogP contribution in [0.3, 0.4) is 0 Å². The number of hydrogen-bond donors (Lipinski definition) is 9. The first-order chi connectivity index (χ1) is 35.1. The summed E-state index contributed by atoms with van der Waals surface area (Å²) in [4.78, 5) is 13.2. The minimum Gasteiger partial charge on any atom is -0.394 e. The standard InChI is InChI=1S/C58H105NO13/c1-3-5-7-9-11-13-15-17-18-19-20-21-22-23-24-25-26-27-28-29-30-31-33-35-37-39-41-47(62)46(59-50(63)42-40-38-36-34-32-16-14-12-10-8-6-4-2)45-69-57-55(68)53(66)56(49(44-61)71-57)72-58-54(67)52(65)51(64)48(43-60)70-58/h12,14,27-28,31,33,39,41,46-49,51-58,60-62,64-68H,3-11,13,15-26,29-30,32,34-38,40,42-45H2,1-2H3,(H,59,63)/b14-12-,28-27+,33-31+,41-39+. The van der Waals surface area contributed by atoms with Crippen molar-refractivity contribution in [2.24, 2.45) is 0 Å². The van der Waals surface area contributed by atoms with Crippen molar-refractivity contribution in [2.75, 3.05) is 19.8 Å². The van der Waals surface area contributed by atoms with Gasteiger partial charge in [-0.2, -0.15) is 0 Å². The maximum atomic E-state index is 13.2. The van der Waals surface area contributed by atoms with Crippen molar-refractivity contribution in [3.05, 3.63) is 48.6 Å². The molecular formula is C58H105NO13. The van der Waals surface area contributed by atoms with Gasteiger partial charge < -0.3 is 65.1 Å². The molecule has 2 rings (SSSR count). The number of unbranched alkanes of at least 4 members (excludes halogenated alkanes) is 26. The zero-order valence-electron chi connectivity index (χ0n) is 44.9. The second-order valence-corrected chi connectivity index (χ2v) is 20.4. The molecule has 14 nitrogen and oxygen atoms in total. The Morgan fingerprint density at radius 2 is 0.889 bits per heavy atom. The molecule has 2 saturated heterocycles. The van der Waals surface area contributed by atoms with E-state index in [0.29, 0.717) is 12.8 Å². The number of nitrogens with one attached hydrogen (secondary N) is 1. The van der Waals surface area contributed by atoms with Crippen LogP contribution in [0.5, 0.6) is 0 Å². The number of hydrogen-bond acceptors (Lipinski definition) is 13. The lowest BCUT2D eigenvalue weighted by atomic mass is 9.97. The van der Waals surface area contributed by atoms with Gasteiger partial charge in [-0.1, -0.05) is 191 Å². The number of rotatable bonds is 45. The van der Waals surface area contributed by atoms with Gasteiger partial charge in [-0.3, -0.25) is 4.79 Å². The smallest absolute Gasteiger partial charge is 0.220 e. The summed E-state index contributed by atoms with van der Waals surface area (Å²) in [5.74, 6) is -0.264. The van der Waals surface area contributed by atoms with Gasteiger partial charge in [-0.15, -0.1) is 0 Å². The average molecular weight is 1020 g/mol. The minimum absolute atomic E-state index is 0.259. The predicted molar refractivity (Wildman–Crippen MR) is 286 cm³/mol. The molecule has 420 valence electrons. The zero-order valence-corrected chi connectivity index (χ0v) is 44.9. The van der Waals surface area contributed by atoms with E-state index in [0.717, 1.165) is 64.2 Å². The Bertz CT molecular complexity index is 1390. The molecule has 0 saturated carbocycles. The summed E-state index contributed by atoms with van der Waals surface area (Å²) in [7, 11) is 0. The number of allylic oxidation sites excluding steroid dienone is 7. The molecule has 0 radical (unpaired) electrons. The Kier molecular flexibility index (Phi) is 40.5. The third kappa shape index (κ3) is 29.9. The van der Waals surface area contributed by atoms with Gasteiger partial charge in [0.1, 0.15) is 48.8 Å². The molecule has 2 aliphatic rings. The van der Waals surface area contributed by atoms with Crippen LogP contribution in [0.2, 0.25) is 0 Å². The molecule has 0 aromatic heterocycles. The van der Waals surface area contributed by atoms with Crippen LogP contribution in [0.4, 0.5) is 0 Å². The SMILES string of the molecule is CCCCC/C=C\CCCCCCCC(=O)NC(COC1OC(CO)C(OC2OC(CO)C(O)C(O)C2O)C(O)C1O)C(O)/C=C/CC/C=C/CC/C=C/CCCCCCCCCCCCCCCCCC. The van der Waals surface area contributed by atoms with E-state index in [2.05, 4.69) is 55.6 Å². The molecule has 9 N–H and O–H groups in total. The van der Waals surface area contributed by atoms with Crippen LogP contribution in [0.15, 0.2) is 48.6 Å². The lowest BCUT2D eigenvalue weighted by molar-refractivity contribution is -0.359. The first-order valence-electron chi connectivity index (χ1n) is 28.9. The minimum atomic E-state index is -1.79. The lowest BCUT2D eigenvalue weighted by Gasteiger charge is -2.46. The Labute approximate surface area is 435 Å². The van der Waals surface area contributed by atoms with Crippen LogP contribution in [-0.4, -0.2) is 140 Å². The van der Waals surface area contributed by atoms with Gasteiger partial charge in [0.15, 0.2) is 12.6 Å². The van der Waals surface area contributed by atoms with Crippen LogP contribution >= 0.6 is 0 Å². The van der Waals surface area contributed by atoms with Crippen LogP contribution in [0, 0.1) is 0 Å². The fraction of sp³-hybridized carbons (Fsp3) is 0.845. The third-order valence-corrected chi connectivity index (χ3v) is 14.0. The number of aliphatic hydroxyl groups excluding tert-OH is 8. The molecule has 0 aromatic rings. The monoisotopic (exact) mass is 1020 g/mol. The number of amides is 1. The average Bonchev–Trinajstić information content (AvgIpc) is 3.38. The molecule has 12 unspecified atom stereocenters. The van der Waals surface area contributed by atoms with Gasteiger partial charge in [0.2, 0.25) is 5.91 Å². The third-order valence-electron chi connectivity index (χ3n) is 14.0. The van der Waals surface area contributed by atoms with E-state index in [1.807, 2.05) is 6.08 Å². The Morgan fingerprint density at radius 1 is 0.486 bits per heavy atom. The molecule has 0 aromatic carbocycles. The molecule has 2 fully saturated rings. The van der Waals surface area contributed by atoms with Crippen molar-refractivity contribution in [1.29, 1.82) is 0 Å². The normalized spacial score (nSPS) is 25.9. The van der Waals surface area contributed by atoms with E-state index in [4.69, 9.17) is 18.9 Å². The number of carbonyl (C=O) groups excluding carboxylic acids is 1. The highest BCUT2D eigenvalue weighted by atomic mass is 16.7. The maximum Gasteiger partial charge on any atom is 0.220 e. The second kappa shape index (κ2) is 44.1. The van der Waals surface area contributed by atoms with Gasteiger partial charge in [-0.05, 0) is 70.6 Å². The van der Waals surface area contributed by atoms with E-state index in [9.17, 15) is 45.6 Å². The largest absolute Gasteiger partial charge is 0.394 e. The molecule has 0 bridgehead atoms. The van der Waals surface area contributed by atoms with Gasteiger partial charge in [0, 0.05) is 6.42 Å². The molecule has 12 atom stereocenters. The van der Waals surface area contributed by atoms with E-state index in [1.165, 1.54) is 122 Å². The molecule has 1 amide bonds. The summed E-state index contributed by atoms with van der Waals surface area (Å²) in [5, 5.41) is 86.9. The maximum absolute atomic E-state index is 13.2. The topological polar surface area (TPSA) is 228 Å². The Hall–Kier alpha value is -2.05. The Morgan fingerprint density at radius 3 is 1.39 bits per heavy atom. The van der Waals surface area contributed by atoms with Gasteiger partial charge in [0.25, 0.3) is 0 Å². The van der Waals surface area contributed by atoms with Crippen molar-refractivity contribution in [1.82, 2.24) is 5.32 Å². The Balaban J connectivity index is 1.77. The van der Waals surface area contributed by atoms with Crippen LogP contribution in [0.1, 0.15) is 219 Å². The van der Waals surface area contributed by atoms with Crippen molar-refractivity contribution in [2.45, 2.75) is 293 Å². The summed E-state index contributed by atoms with van der Waals surface area (Å²) < 4.78 is 22.7. The summed E-state index contributed by atoms with van der Waals surface area (Å²) in [5.41, 5.74) is 0. The van der Waals surface area contributed by atoms with Gasteiger partial charge in [-0.25, -0.2) is 0 Å². The van der Waals surface area contributed by atoms with E-state index >= 15 is 0 Å². The summed E-state index contributed by atoms with van der Waals surface area (Å²) in [6.45, 7) is 2.74. The van der Waals surface area contributed by atoms with Crippen molar-refractivity contribution in [3.8, 4) is 0 Å². The number of aliphatic hydroxyl groups is 8. The van der Waals surface area contributed by atoms with Crippen molar-refractivity contribution >= 4 is 5.91 Å². The second-order valence-electron chi connectivity index (χ2n) is 20.4. The fourth-order valence-corrected chi connectivity index (χ4v) is 9.26. The fourth-order valence-electron chi connectivity index (χ4n) is 9.26. The van der Waals surface area contributed by atoms with Crippen LogP contribution < -0.4 is 5.32 Å². The molecule has 2 heterocycles. The first-order valence-corrected chi connectivity index (χ1v) is 28.9. The molecule has 72 heavy (non-hydrogen) atoms. The van der Waals surface area contributed by atoms with E-state index in [1.54, 1.807) is 6.08 Å². The predicted octanol–water partition coefficient (Wildman–Crippen LogP) is 9.22. The zero-order chi connectivity index (χ0) is 52.4. The van der Waals surface area contributed by atoms with E-state index in [-0.39, 0.29) is 18.9 Å². The molecule has 2 aliphatic heterocycles. The van der Waals surface area contributed by atoms with Gasteiger partial charge >= 0.3 is 0 Å². The van der Waals surface area contributed by atoms with Crippen molar-refractivity contribution in [3.63, 3.8) is 0 Å². The quantitative estimate of drug-likeness (QED) is 0.0205. The highest BCUT2D eigenvalue weighted by Gasteiger charge is 2.51. The lowest BCUT2D eigenvalue weighted by Crippen LogP contribution is -2.65. The number of ether oxygens (including phenoxy) is 4. The summed E-state index contributed by atoms with van der Waals surface area (Å²) >= 11 is 0. The summed E-state index contributed by atoms with van der Waals surface area (Å²) in [6, 6.07) is -0.942. The molecule has 0 spiro atoms. The van der Waals surface area contributed by atoms with Crippen LogP contribution in [0.25, 0.3) is 0 Å². The molecule has 0 aliphatic carbocycles. The van der Waals surface area contributed by atoms with E-state index < -0.39 is 86.8 Å².